The summed E-state index contributed by atoms with van der Waals surface area (Å²) in [5, 5.41) is 1.99. The van der Waals surface area contributed by atoms with Crippen molar-refractivity contribution in [3.63, 3.8) is 0 Å². The van der Waals surface area contributed by atoms with Gasteiger partial charge in [0.1, 0.15) is 11.4 Å². The predicted octanol–water partition coefficient (Wildman–Crippen LogP) is 9.08. The fourth-order valence-electron chi connectivity index (χ4n) is 7.34. The molecule has 0 bridgehead atoms. The Labute approximate surface area is 238 Å². The Bertz CT molecular complexity index is 2100. The Morgan fingerprint density at radius 3 is 2.44 bits per heavy atom. The first-order valence-corrected chi connectivity index (χ1v) is 14.3. The average Bonchev–Trinajstić information content (AvgIpc) is 3.63. The molecule has 4 aromatic carbocycles. The van der Waals surface area contributed by atoms with Crippen LogP contribution in [0.5, 0.6) is 0 Å². The van der Waals surface area contributed by atoms with Gasteiger partial charge in [-0.2, -0.15) is 4.98 Å². The fourth-order valence-corrected chi connectivity index (χ4v) is 7.34. The monoisotopic (exact) mass is 529 g/mol. The lowest BCUT2D eigenvalue weighted by Crippen LogP contribution is -2.30. The molecular weight excluding hydrogens is 502 g/mol. The van der Waals surface area contributed by atoms with Crippen LogP contribution < -0.4 is 4.90 Å². The van der Waals surface area contributed by atoms with Gasteiger partial charge in [-0.1, -0.05) is 123 Å². The SMILES string of the molecule is CC1(C)c2ccccc2-c2c1ccc1c2N(c2nc(-c3ccccc3)nc3oc4ccccc4c23)C2C=CC=CC12. The highest BCUT2D eigenvalue weighted by Crippen LogP contribution is 2.59. The molecule has 196 valence electrons. The Kier molecular flexibility index (Phi) is 4.48. The molecule has 0 amide bonds. The van der Waals surface area contributed by atoms with E-state index in [1.807, 2.05) is 30.3 Å². The zero-order chi connectivity index (χ0) is 27.3. The molecule has 3 heterocycles. The third-order valence-corrected chi connectivity index (χ3v) is 9.24. The molecule has 41 heavy (non-hydrogen) atoms. The van der Waals surface area contributed by atoms with Gasteiger partial charge in [-0.05, 0) is 28.3 Å². The summed E-state index contributed by atoms with van der Waals surface area (Å²) in [7, 11) is 0. The molecule has 4 heteroatoms. The van der Waals surface area contributed by atoms with Crippen LogP contribution in [0.1, 0.15) is 36.5 Å². The first-order valence-electron chi connectivity index (χ1n) is 14.3. The fraction of sp³-hybridized carbons (Fsp3) is 0.135. The Morgan fingerprint density at radius 1 is 0.756 bits per heavy atom. The Morgan fingerprint density at radius 2 is 1.54 bits per heavy atom. The van der Waals surface area contributed by atoms with Gasteiger partial charge in [0.2, 0.25) is 5.71 Å². The smallest absolute Gasteiger partial charge is 0.233 e. The maximum absolute atomic E-state index is 6.41. The van der Waals surface area contributed by atoms with E-state index in [0.29, 0.717) is 11.5 Å². The van der Waals surface area contributed by atoms with E-state index in [0.717, 1.165) is 27.7 Å². The van der Waals surface area contributed by atoms with E-state index in [9.17, 15) is 0 Å². The molecule has 2 aliphatic carbocycles. The second-order valence-electron chi connectivity index (χ2n) is 11.8. The summed E-state index contributed by atoms with van der Waals surface area (Å²) in [6.07, 6.45) is 9.01. The lowest BCUT2D eigenvalue weighted by atomic mass is 9.81. The normalized spacial score (nSPS) is 19.4. The van der Waals surface area contributed by atoms with Crippen molar-refractivity contribution < 1.29 is 4.42 Å². The maximum atomic E-state index is 6.41. The molecule has 1 aliphatic heterocycles. The number of furan rings is 1. The third-order valence-electron chi connectivity index (χ3n) is 9.24. The third kappa shape index (κ3) is 2.99. The van der Waals surface area contributed by atoms with Crippen LogP contribution in [0.3, 0.4) is 0 Å². The van der Waals surface area contributed by atoms with E-state index in [2.05, 4.69) is 104 Å². The van der Waals surface area contributed by atoms with Gasteiger partial charge in [0.25, 0.3) is 0 Å². The number of hydrogen-bond donors (Lipinski definition) is 0. The zero-order valence-corrected chi connectivity index (χ0v) is 22.9. The number of anilines is 2. The number of nitrogens with zero attached hydrogens (tertiary/aromatic N) is 3. The van der Waals surface area contributed by atoms with Gasteiger partial charge in [-0.3, -0.25) is 0 Å². The van der Waals surface area contributed by atoms with E-state index in [1.165, 1.54) is 33.5 Å². The summed E-state index contributed by atoms with van der Waals surface area (Å²) in [5.41, 5.74) is 10.3. The minimum atomic E-state index is -0.0927. The van der Waals surface area contributed by atoms with Crippen molar-refractivity contribution in [2.75, 3.05) is 4.90 Å². The largest absolute Gasteiger partial charge is 0.437 e. The summed E-state index contributed by atoms with van der Waals surface area (Å²) in [5.74, 6) is 1.78. The van der Waals surface area contributed by atoms with Crippen molar-refractivity contribution in [2.24, 2.45) is 0 Å². The quantitative estimate of drug-likeness (QED) is 0.224. The molecule has 6 aromatic rings. The molecule has 2 aromatic heterocycles. The molecule has 0 spiro atoms. The number of benzene rings is 4. The van der Waals surface area contributed by atoms with Crippen LogP contribution in [-0.2, 0) is 5.41 Å². The van der Waals surface area contributed by atoms with Gasteiger partial charge in [-0.15, -0.1) is 0 Å². The Hall–Kier alpha value is -4.96. The molecular formula is C37H27N3O. The molecule has 2 unspecified atom stereocenters. The number of hydrogen-bond acceptors (Lipinski definition) is 4. The average molecular weight is 530 g/mol. The molecule has 0 radical (unpaired) electrons. The number of aromatic nitrogens is 2. The molecule has 3 aliphatic rings. The molecule has 4 nitrogen and oxygen atoms in total. The van der Waals surface area contributed by atoms with Crippen LogP contribution >= 0.6 is 0 Å². The van der Waals surface area contributed by atoms with E-state index in [1.54, 1.807) is 0 Å². The van der Waals surface area contributed by atoms with E-state index in [-0.39, 0.29) is 17.4 Å². The van der Waals surface area contributed by atoms with E-state index >= 15 is 0 Å². The number of fused-ring (bicyclic) bond motifs is 10. The lowest BCUT2D eigenvalue weighted by Gasteiger charge is -2.29. The van der Waals surface area contributed by atoms with Gasteiger partial charge in [0, 0.05) is 27.8 Å². The molecule has 2 atom stereocenters. The van der Waals surface area contributed by atoms with Crippen LogP contribution in [0.15, 0.2) is 120 Å². The zero-order valence-electron chi connectivity index (χ0n) is 22.9. The summed E-state index contributed by atoms with van der Waals surface area (Å²) >= 11 is 0. The number of rotatable bonds is 2. The van der Waals surface area contributed by atoms with Crippen LogP contribution in [0.2, 0.25) is 0 Å². The van der Waals surface area contributed by atoms with Crippen LogP contribution in [-0.4, -0.2) is 16.0 Å². The topological polar surface area (TPSA) is 42.2 Å². The molecule has 0 fully saturated rings. The highest BCUT2D eigenvalue weighted by molar-refractivity contribution is 6.12. The van der Waals surface area contributed by atoms with Gasteiger partial charge in [0.15, 0.2) is 5.82 Å². The summed E-state index contributed by atoms with van der Waals surface area (Å²) < 4.78 is 6.41. The number of para-hydroxylation sites is 1. The van der Waals surface area contributed by atoms with Crippen LogP contribution in [0, 0.1) is 0 Å². The summed E-state index contributed by atoms with van der Waals surface area (Å²) in [4.78, 5) is 12.8. The van der Waals surface area contributed by atoms with Crippen molar-refractivity contribution >= 4 is 33.6 Å². The minimum absolute atomic E-state index is 0.0905. The van der Waals surface area contributed by atoms with E-state index < -0.39 is 0 Å². The van der Waals surface area contributed by atoms with Crippen molar-refractivity contribution in [3.8, 4) is 22.5 Å². The van der Waals surface area contributed by atoms with E-state index in [4.69, 9.17) is 14.4 Å². The second kappa shape index (κ2) is 8.05. The van der Waals surface area contributed by atoms with Gasteiger partial charge in [-0.25, -0.2) is 4.98 Å². The van der Waals surface area contributed by atoms with Gasteiger partial charge >= 0.3 is 0 Å². The molecule has 0 saturated carbocycles. The molecule has 9 rings (SSSR count). The standard InChI is InChI=1S/C37H27N3O/c1-37(2)27-17-9-6-15-25(27)31-28(37)21-20-24-23-14-7-10-18-29(23)40(33(24)31)35-32-26-16-8-11-19-30(26)41-36(32)39-34(38-35)22-12-4-3-5-13-22/h3-21,23,29H,1-2H3. The summed E-state index contributed by atoms with van der Waals surface area (Å²) in [6, 6.07) is 32.1. The van der Waals surface area contributed by atoms with Crippen LogP contribution in [0.4, 0.5) is 11.5 Å². The van der Waals surface area contributed by atoms with Gasteiger partial charge < -0.3 is 9.32 Å². The highest BCUT2D eigenvalue weighted by Gasteiger charge is 2.46. The molecule has 0 saturated heterocycles. The maximum Gasteiger partial charge on any atom is 0.233 e. The van der Waals surface area contributed by atoms with Crippen molar-refractivity contribution in [1.29, 1.82) is 0 Å². The number of allylic oxidation sites excluding steroid dienone is 2. The van der Waals surface area contributed by atoms with Crippen LogP contribution in [0.25, 0.3) is 44.6 Å². The van der Waals surface area contributed by atoms with Crippen molar-refractivity contribution in [2.45, 2.75) is 31.2 Å². The highest BCUT2D eigenvalue weighted by atomic mass is 16.3. The predicted molar refractivity (Wildman–Crippen MR) is 166 cm³/mol. The Balaban J connectivity index is 1.42. The summed E-state index contributed by atoms with van der Waals surface area (Å²) in [6.45, 7) is 4.69. The van der Waals surface area contributed by atoms with Crippen molar-refractivity contribution in [1.82, 2.24) is 9.97 Å². The minimum Gasteiger partial charge on any atom is -0.437 e. The van der Waals surface area contributed by atoms with Gasteiger partial charge in [0.05, 0.1) is 17.1 Å². The molecule has 0 N–H and O–H groups in total. The second-order valence-corrected chi connectivity index (χ2v) is 11.8. The first-order chi connectivity index (χ1) is 20.1. The lowest BCUT2D eigenvalue weighted by molar-refractivity contribution is 0.653. The van der Waals surface area contributed by atoms with Crippen molar-refractivity contribution in [3.05, 3.63) is 132 Å². The first kappa shape index (κ1) is 22.8.